The minimum atomic E-state index is -0.382. The van der Waals surface area contributed by atoms with E-state index in [0.29, 0.717) is 5.41 Å². The van der Waals surface area contributed by atoms with Crippen LogP contribution in [0.4, 0.5) is 4.79 Å². The monoisotopic (exact) mass is 360 g/mol. The molecular formula is C22H36N2O2. The molecule has 3 N–H and O–H groups in total. The second kappa shape index (κ2) is 6.39. The van der Waals surface area contributed by atoms with Gasteiger partial charge in [-0.1, -0.05) is 6.42 Å². The molecule has 2 amide bonds. The SMILES string of the molecule is O=C(NCCC1CC2CCC1C2)NCCC12CC3CC(CC(O)(C3)C1)C2. The van der Waals surface area contributed by atoms with Crippen molar-refractivity contribution in [2.45, 2.75) is 82.7 Å². The quantitative estimate of drug-likeness (QED) is 0.674. The summed E-state index contributed by atoms with van der Waals surface area (Å²) in [6.45, 7) is 1.59. The Kier molecular flexibility index (Phi) is 4.26. The van der Waals surface area contributed by atoms with Gasteiger partial charge >= 0.3 is 6.03 Å². The van der Waals surface area contributed by atoms with Gasteiger partial charge in [0.25, 0.3) is 0 Å². The minimum absolute atomic E-state index is 0.0107. The van der Waals surface area contributed by atoms with Gasteiger partial charge in [0.15, 0.2) is 0 Å². The summed E-state index contributed by atoms with van der Waals surface area (Å²) in [5.74, 6) is 4.27. The molecule has 0 saturated heterocycles. The number of carbonyl (C=O) groups excluding carboxylic acids is 1. The first-order valence-corrected chi connectivity index (χ1v) is 11.3. The lowest BCUT2D eigenvalue weighted by molar-refractivity contribution is -0.165. The van der Waals surface area contributed by atoms with E-state index >= 15 is 0 Å². The molecule has 0 aromatic carbocycles. The average Bonchev–Trinajstić information content (AvgIpc) is 3.15. The minimum Gasteiger partial charge on any atom is -0.390 e. The summed E-state index contributed by atoms with van der Waals surface area (Å²) in [5, 5.41) is 17.0. The number of fused-ring (bicyclic) bond motifs is 2. The van der Waals surface area contributed by atoms with Crippen molar-refractivity contribution in [3.8, 4) is 0 Å². The van der Waals surface area contributed by atoms with Crippen LogP contribution in [0, 0.1) is 35.0 Å². The predicted octanol–water partition coefficient (Wildman–Crippen LogP) is 3.83. The van der Waals surface area contributed by atoms with Crippen molar-refractivity contribution in [1.29, 1.82) is 0 Å². The van der Waals surface area contributed by atoms with Crippen molar-refractivity contribution >= 4 is 6.03 Å². The standard InChI is InChI=1S/C22H36N2O2/c25-20(23-5-3-19-9-15-1-2-18(19)8-15)24-6-4-21-10-16-7-17(11-21)13-22(26,12-16)14-21/h15-19,26H,1-14H2,(H2,23,24,25). The molecule has 4 heteroatoms. The van der Waals surface area contributed by atoms with Gasteiger partial charge in [0.05, 0.1) is 5.60 Å². The Morgan fingerprint density at radius 1 is 0.923 bits per heavy atom. The first kappa shape index (κ1) is 17.3. The fourth-order valence-corrected chi connectivity index (χ4v) is 8.30. The highest BCUT2D eigenvalue weighted by molar-refractivity contribution is 5.73. The highest BCUT2D eigenvalue weighted by Crippen LogP contribution is 2.62. The topological polar surface area (TPSA) is 61.4 Å². The molecule has 6 bridgehead atoms. The Balaban J connectivity index is 1.03. The summed E-state index contributed by atoms with van der Waals surface area (Å²) in [6.07, 6.45) is 14.9. The van der Waals surface area contributed by atoms with Crippen molar-refractivity contribution in [3.05, 3.63) is 0 Å². The van der Waals surface area contributed by atoms with E-state index in [0.717, 1.165) is 74.8 Å². The normalized spacial score (nSPS) is 48.1. The summed E-state index contributed by atoms with van der Waals surface area (Å²) in [5.41, 5.74) is -0.0811. The molecule has 4 nitrogen and oxygen atoms in total. The number of carbonyl (C=O) groups is 1. The highest BCUT2D eigenvalue weighted by Gasteiger charge is 2.56. The van der Waals surface area contributed by atoms with Gasteiger partial charge in [-0.2, -0.15) is 0 Å². The van der Waals surface area contributed by atoms with Crippen molar-refractivity contribution < 1.29 is 9.90 Å². The molecule has 6 saturated carbocycles. The molecule has 0 heterocycles. The van der Waals surface area contributed by atoms with Gasteiger partial charge < -0.3 is 15.7 Å². The molecule has 0 radical (unpaired) electrons. The van der Waals surface area contributed by atoms with Gasteiger partial charge in [0.2, 0.25) is 0 Å². The highest BCUT2D eigenvalue weighted by atomic mass is 16.3. The van der Waals surface area contributed by atoms with Crippen molar-refractivity contribution in [2.24, 2.45) is 35.0 Å². The third-order valence-electron chi connectivity index (χ3n) is 8.78. The lowest BCUT2D eigenvalue weighted by Crippen LogP contribution is -2.56. The van der Waals surface area contributed by atoms with E-state index in [1.54, 1.807) is 0 Å². The first-order chi connectivity index (χ1) is 12.5. The van der Waals surface area contributed by atoms with E-state index in [-0.39, 0.29) is 11.6 Å². The molecule has 5 atom stereocenters. The Bertz CT molecular complexity index is 548. The fraction of sp³-hybridized carbons (Fsp3) is 0.955. The van der Waals surface area contributed by atoms with Crippen LogP contribution in [-0.2, 0) is 0 Å². The van der Waals surface area contributed by atoms with E-state index in [2.05, 4.69) is 10.6 Å². The van der Waals surface area contributed by atoms with E-state index in [9.17, 15) is 9.90 Å². The number of aliphatic hydroxyl groups is 1. The molecule has 6 fully saturated rings. The maximum atomic E-state index is 12.2. The van der Waals surface area contributed by atoms with Crippen molar-refractivity contribution in [2.75, 3.05) is 13.1 Å². The predicted molar refractivity (Wildman–Crippen MR) is 102 cm³/mol. The number of rotatable bonds is 6. The lowest BCUT2D eigenvalue weighted by Gasteiger charge is -2.60. The summed E-state index contributed by atoms with van der Waals surface area (Å²) in [4.78, 5) is 12.2. The summed E-state index contributed by atoms with van der Waals surface area (Å²) in [7, 11) is 0. The molecule has 0 spiro atoms. The molecule has 6 aliphatic carbocycles. The average molecular weight is 361 g/mol. The number of hydrogen-bond acceptors (Lipinski definition) is 2. The van der Waals surface area contributed by atoms with Crippen LogP contribution in [0.5, 0.6) is 0 Å². The van der Waals surface area contributed by atoms with Gasteiger partial charge in [0, 0.05) is 13.1 Å². The maximum Gasteiger partial charge on any atom is 0.314 e. The molecule has 6 rings (SSSR count). The van der Waals surface area contributed by atoms with E-state index in [1.165, 1.54) is 44.9 Å². The summed E-state index contributed by atoms with van der Waals surface area (Å²) in [6, 6.07) is 0.0107. The van der Waals surface area contributed by atoms with Gasteiger partial charge in [-0.15, -0.1) is 0 Å². The second-order valence-corrected chi connectivity index (χ2v) is 10.8. The van der Waals surface area contributed by atoms with Crippen LogP contribution < -0.4 is 10.6 Å². The first-order valence-electron chi connectivity index (χ1n) is 11.3. The Morgan fingerprint density at radius 2 is 1.69 bits per heavy atom. The van der Waals surface area contributed by atoms with Crippen LogP contribution in [0.15, 0.2) is 0 Å². The van der Waals surface area contributed by atoms with Crippen LogP contribution in [0.1, 0.15) is 77.0 Å². The zero-order chi connectivity index (χ0) is 17.8. The third kappa shape index (κ3) is 3.27. The number of urea groups is 1. The van der Waals surface area contributed by atoms with E-state index in [1.807, 2.05) is 0 Å². The smallest absolute Gasteiger partial charge is 0.314 e. The lowest BCUT2D eigenvalue weighted by atomic mass is 9.47. The van der Waals surface area contributed by atoms with E-state index in [4.69, 9.17) is 0 Å². The molecule has 0 aromatic rings. The zero-order valence-corrected chi connectivity index (χ0v) is 16.1. The Morgan fingerprint density at radius 3 is 2.35 bits per heavy atom. The van der Waals surface area contributed by atoms with Crippen LogP contribution in [0.25, 0.3) is 0 Å². The van der Waals surface area contributed by atoms with E-state index < -0.39 is 0 Å². The van der Waals surface area contributed by atoms with Gasteiger partial charge in [-0.25, -0.2) is 4.79 Å². The van der Waals surface area contributed by atoms with Crippen LogP contribution >= 0.6 is 0 Å². The van der Waals surface area contributed by atoms with Crippen LogP contribution in [0.3, 0.4) is 0 Å². The van der Waals surface area contributed by atoms with Crippen LogP contribution in [0.2, 0.25) is 0 Å². The van der Waals surface area contributed by atoms with Crippen LogP contribution in [-0.4, -0.2) is 29.8 Å². The second-order valence-electron chi connectivity index (χ2n) is 10.8. The number of nitrogens with one attached hydrogen (secondary N) is 2. The molecule has 6 aliphatic rings. The molecule has 26 heavy (non-hydrogen) atoms. The van der Waals surface area contributed by atoms with Gasteiger partial charge in [-0.3, -0.25) is 0 Å². The Hall–Kier alpha value is -0.770. The Labute approximate surface area is 157 Å². The number of hydrogen-bond donors (Lipinski definition) is 3. The molecule has 5 unspecified atom stereocenters. The molecule has 146 valence electrons. The largest absolute Gasteiger partial charge is 0.390 e. The van der Waals surface area contributed by atoms with Crippen molar-refractivity contribution in [1.82, 2.24) is 10.6 Å². The van der Waals surface area contributed by atoms with Gasteiger partial charge in [-0.05, 0) is 106 Å². The third-order valence-corrected chi connectivity index (χ3v) is 8.78. The van der Waals surface area contributed by atoms with Crippen molar-refractivity contribution in [3.63, 3.8) is 0 Å². The number of amides is 2. The fourth-order valence-electron chi connectivity index (χ4n) is 8.30. The summed E-state index contributed by atoms with van der Waals surface area (Å²) < 4.78 is 0. The summed E-state index contributed by atoms with van der Waals surface area (Å²) >= 11 is 0. The zero-order valence-electron chi connectivity index (χ0n) is 16.1. The molecule has 0 aliphatic heterocycles. The van der Waals surface area contributed by atoms with Gasteiger partial charge in [0.1, 0.15) is 0 Å². The molecular weight excluding hydrogens is 324 g/mol. The maximum absolute atomic E-state index is 12.2. The molecule has 0 aromatic heterocycles.